The third-order valence-electron chi connectivity index (χ3n) is 3.95. The summed E-state index contributed by atoms with van der Waals surface area (Å²) in [5.41, 5.74) is 3.05. The van der Waals surface area contributed by atoms with Crippen molar-refractivity contribution in [3.63, 3.8) is 0 Å². The highest BCUT2D eigenvalue weighted by molar-refractivity contribution is 5.85. The second kappa shape index (κ2) is 8.87. The minimum Gasteiger partial charge on any atom is -0.445 e. The van der Waals surface area contributed by atoms with E-state index < -0.39 is 12.1 Å². The van der Waals surface area contributed by atoms with Crippen molar-refractivity contribution >= 4 is 12.0 Å². The lowest BCUT2D eigenvalue weighted by atomic mass is 10.0. The van der Waals surface area contributed by atoms with E-state index in [0.717, 1.165) is 16.7 Å². The summed E-state index contributed by atoms with van der Waals surface area (Å²) in [4.78, 5) is 24.1. The number of nitrogens with one attached hydrogen (secondary N) is 2. The SMILES string of the molecule is Cc1ccccc1[C@H](C)NC(=O)[C@H](C)NC(=O)OCc1ccccc1. The number of aryl methyl sites for hydroxylation is 1. The highest BCUT2D eigenvalue weighted by Gasteiger charge is 2.19. The first-order valence-electron chi connectivity index (χ1n) is 8.30. The van der Waals surface area contributed by atoms with Gasteiger partial charge in [0.25, 0.3) is 0 Å². The molecule has 5 nitrogen and oxygen atoms in total. The molecule has 0 heterocycles. The molecule has 2 aromatic rings. The molecule has 0 bridgehead atoms. The van der Waals surface area contributed by atoms with Gasteiger partial charge in [-0.15, -0.1) is 0 Å². The van der Waals surface area contributed by atoms with Crippen LogP contribution in [-0.4, -0.2) is 18.0 Å². The zero-order valence-corrected chi connectivity index (χ0v) is 14.8. The maximum Gasteiger partial charge on any atom is 0.408 e. The summed E-state index contributed by atoms with van der Waals surface area (Å²) in [6, 6.07) is 16.4. The number of rotatable bonds is 6. The Kier molecular flexibility index (Phi) is 6.57. The molecule has 132 valence electrons. The van der Waals surface area contributed by atoms with Gasteiger partial charge in [0.15, 0.2) is 0 Å². The lowest BCUT2D eigenvalue weighted by Gasteiger charge is -2.20. The molecule has 0 saturated heterocycles. The molecule has 0 aliphatic heterocycles. The fourth-order valence-corrected chi connectivity index (χ4v) is 2.50. The van der Waals surface area contributed by atoms with Crippen LogP contribution >= 0.6 is 0 Å². The molecule has 0 spiro atoms. The van der Waals surface area contributed by atoms with Crippen LogP contribution in [0.5, 0.6) is 0 Å². The van der Waals surface area contributed by atoms with Gasteiger partial charge in [-0.25, -0.2) is 4.79 Å². The Morgan fingerprint density at radius 1 is 0.960 bits per heavy atom. The highest BCUT2D eigenvalue weighted by Crippen LogP contribution is 2.16. The van der Waals surface area contributed by atoms with E-state index in [0.29, 0.717) is 0 Å². The second-order valence-corrected chi connectivity index (χ2v) is 6.01. The molecule has 2 atom stereocenters. The maximum atomic E-state index is 12.3. The summed E-state index contributed by atoms with van der Waals surface area (Å²) in [5.74, 6) is -0.257. The summed E-state index contributed by atoms with van der Waals surface area (Å²) in [6.45, 7) is 5.71. The Balaban J connectivity index is 1.81. The zero-order chi connectivity index (χ0) is 18.2. The van der Waals surface area contributed by atoms with Crippen LogP contribution in [0.4, 0.5) is 4.79 Å². The fourth-order valence-electron chi connectivity index (χ4n) is 2.50. The third-order valence-corrected chi connectivity index (χ3v) is 3.95. The van der Waals surface area contributed by atoms with Crippen LogP contribution < -0.4 is 10.6 Å². The number of hydrogen-bond acceptors (Lipinski definition) is 3. The van der Waals surface area contributed by atoms with E-state index in [1.165, 1.54) is 0 Å². The van der Waals surface area contributed by atoms with Gasteiger partial charge in [-0.1, -0.05) is 54.6 Å². The first kappa shape index (κ1) is 18.5. The maximum absolute atomic E-state index is 12.3. The lowest BCUT2D eigenvalue weighted by molar-refractivity contribution is -0.123. The molecule has 0 aliphatic carbocycles. The van der Waals surface area contributed by atoms with Crippen molar-refractivity contribution in [1.82, 2.24) is 10.6 Å². The van der Waals surface area contributed by atoms with Crippen LogP contribution in [0, 0.1) is 6.92 Å². The molecular weight excluding hydrogens is 316 g/mol. The number of ether oxygens (including phenoxy) is 1. The van der Waals surface area contributed by atoms with E-state index in [4.69, 9.17) is 4.74 Å². The van der Waals surface area contributed by atoms with Crippen LogP contribution in [0.1, 0.15) is 36.6 Å². The van der Waals surface area contributed by atoms with Gasteiger partial charge in [0.1, 0.15) is 12.6 Å². The lowest BCUT2D eigenvalue weighted by Crippen LogP contribution is -2.45. The van der Waals surface area contributed by atoms with Crippen LogP contribution in [0.2, 0.25) is 0 Å². The van der Waals surface area contributed by atoms with Crippen LogP contribution in [0.15, 0.2) is 54.6 Å². The molecule has 2 rings (SSSR count). The number of alkyl carbamates (subject to hydrolysis) is 1. The third kappa shape index (κ3) is 5.64. The average Bonchev–Trinajstić information content (AvgIpc) is 2.61. The number of carbonyl (C=O) groups excluding carboxylic acids is 2. The summed E-state index contributed by atoms with van der Waals surface area (Å²) in [5, 5.41) is 5.45. The first-order chi connectivity index (χ1) is 12.0. The molecule has 25 heavy (non-hydrogen) atoms. The van der Waals surface area contributed by atoms with Gasteiger partial charge >= 0.3 is 6.09 Å². The molecule has 2 amide bonds. The van der Waals surface area contributed by atoms with Crippen molar-refractivity contribution in [3.8, 4) is 0 Å². The molecule has 0 aliphatic rings. The molecule has 0 unspecified atom stereocenters. The van der Waals surface area contributed by atoms with Crippen molar-refractivity contribution in [2.24, 2.45) is 0 Å². The molecule has 0 radical (unpaired) electrons. The monoisotopic (exact) mass is 340 g/mol. The summed E-state index contributed by atoms with van der Waals surface area (Å²) >= 11 is 0. The van der Waals surface area contributed by atoms with E-state index in [-0.39, 0.29) is 18.6 Å². The molecule has 0 fully saturated rings. The standard InChI is InChI=1S/C20H24N2O3/c1-14-9-7-8-12-18(14)15(2)21-19(23)16(3)22-20(24)25-13-17-10-5-4-6-11-17/h4-12,15-16H,13H2,1-3H3,(H,21,23)(H,22,24)/t15-,16-/m0/s1. The van der Waals surface area contributed by atoms with E-state index in [9.17, 15) is 9.59 Å². The molecule has 0 saturated carbocycles. The Morgan fingerprint density at radius 2 is 1.60 bits per heavy atom. The predicted molar refractivity (Wildman–Crippen MR) is 97.0 cm³/mol. The molecule has 0 aromatic heterocycles. The van der Waals surface area contributed by atoms with E-state index >= 15 is 0 Å². The number of hydrogen-bond donors (Lipinski definition) is 2. The van der Waals surface area contributed by atoms with E-state index in [2.05, 4.69) is 10.6 Å². The molecule has 2 aromatic carbocycles. The Labute approximate surface area is 148 Å². The summed E-state index contributed by atoms with van der Waals surface area (Å²) < 4.78 is 5.13. The number of amides is 2. The molecular formula is C20H24N2O3. The molecule has 5 heteroatoms. The van der Waals surface area contributed by atoms with Crippen molar-refractivity contribution in [2.45, 2.75) is 39.5 Å². The Hall–Kier alpha value is -2.82. The normalized spacial score (nSPS) is 12.8. The average molecular weight is 340 g/mol. The van der Waals surface area contributed by atoms with Gasteiger partial charge in [-0.2, -0.15) is 0 Å². The van der Waals surface area contributed by atoms with E-state index in [1.54, 1.807) is 6.92 Å². The number of benzene rings is 2. The zero-order valence-electron chi connectivity index (χ0n) is 14.8. The van der Waals surface area contributed by atoms with Gasteiger partial charge in [0.2, 0.25) is 5.91 Å². The van der Waals surface area contributed by atoms with Crippen LogP contribution in [0.3, 0.4) is 0 Å². The number of carbonyl (C=O) groups is 2. The van der Waals surface area contributed by atoms with Crippen molar-refractivity contribution in [1.29, 1.82) is 0 Å². The summed E-state index contributed by atoms with van der Waals surface area (Å²) in [6.07, 6.45) is -0.616. The largest absolute Gasteiger partial charge is 0.445 e. The molecule has 2 N–H and O–H groups in total. The quantitative estimate of drug-likeness (QED) is 0.846. The Bertz CT molecular complexity index is 716. The summed E-state index contributed by atoms with van der Waals surface area (Å²) in [7, 11) is 0. The first-order valence-corrected chi connectivity index (χ1v) is 8.30. The van der Waals surface area contributed by atoms with Crippen LogP contribution in [0.25, 0.3) is 0 Å². The van der Waals surface area contributed by atoms with Crippen molar-refractivity contribution in [2.75, 3.05) is 0 Å². The van der Waals surface area contributed by atoms with Crippen molar-refractivity contribution < 1.29 is 14.3 Å². The minimum absolute atomic E-state index is 0.140. The van der Waals surface area contributed by atoms with Gasteiger partial charge in [-0.3, -0.25) is 4.79 Å². The van der Waals surface area contributed by atoms with Gasteiger partial charge in [0, 0.05) is 0 Å². The Morgan fingerprint density at radius 3 is 2.28 bits per heavy atom. The minimum atomic E-state index is -0.685. The van der Waals surface area contributed by atoms with Gasteiger partial charge in [-0.05, 0) is 37.5 Å². The smallest absolute Gasteiger partial charge is 0.408 e. The second-order valence-electron chi connectivity index (χ2n) is 6.01. The predicted octanol–water partition coefficient (Wildman–Crippen LogP) is 3.49. The van der Waals surface area contributed by atoms with Crippen molar-refractivity contribution in [3.05, 3.63) is 71.3 Å². The van der Waals surface area contributed by atoms with Gasteiger partial charge < -0.3 is 15.4 Å². The topological polar surface area (TPSA) is 67.4 Å². The van der Waals surface area contributed by atoms with E-state index in [1.807, 2.05) is 68.4 Å². The van der Waals surface area contributed by atoms with Gasteiger partial charge in [0.05, 0.1) is 6.04 Å². The highest BCUT2D eigenvalue weighted by atomic mass is 16.5. The fraction of sp³-hybridized carbons (Fsp3) is 0.300. The van der Waals surface area contributed by atoms with Crippen LogP contribution in [-0.2, 0) is 16.1 Å².